The number of ether oxygens (including phenoxy) is 2. The summed E-state index contributed by atoms with van der Waals surface area (Å²) < 4.78 is 11.0. The average molecular weight is 448 g/mol. The van der Waals surface area contributed by atoms with E-state index in [9.17, 15) is 10.2 Å². The minimum absolute atomic E-state index is 0.0135. The molecule has 2 aromatic carbocycles. The number of benzene rings is 2. The first-order chi connectivity index (χ1) is 13.1. The number of alkyl halides is 1. The Morgan fingerprint density at radius 3 is 2.00 bits per heavy atom. The van der Waals surface area contributed by atoms with Crippen molar-refractivity contribution < 1.29 is 19.7 Å². The van der Waals surface area contributed by atoms with Gasteiger partial charge < -0.3 is 19.7 Å². The molecule has 2 atom stereocenters. The lowest BCUT2D eigenvalue weighted by atomic mass is 9.78. The van der Waals surface area contributed by atoms with Crippen molar-refractivity contribution in [3.05, 3.63) is 57.6 Å². The van der Waals surface area contributed by atoms with Crippen LogP contribution in [0.2, 0.25) is 10.0 Å². The second kappa shape index (κ2) is 10.0. The van der Waals surface area contributed by atoms with Gasteiger partial charge in [-0.25, -0.2) is 0 Å². The first kappa shape index (κ1) is 23.1. The molecule has 0 aliphatic heterocycles. The van der Waals surface area contributed by atoms with Crippen molar-refractivity contribution in [1.82, 2.24) is 0 Å². The third kappa shape index (κ3) is 5.91. The molecule has 154 valence electrons. The van der Waals surface area contributed by atoms with Gasteiger partial charge in [-0.1, -0.05) is 49.2 Å². The maximum Gasteiger partial charge on any atom is 0.156 e. The van der Waals surface area contributed by atoms with Crippen LogP contribution in [0.5, 0.6) is 11.5 Å². The molecule has 0 fully saturated rings. The van der Waals surface area contributed by atoms with Gasteiger partial charge in [-0.15, -0.1) is 11.6 Å². The van der Waals surface area contributed by atoms with Gasteiger partial charge in [0.2, 0.25) is 0 Å². The summed E-state index contributed by atoms with van der Waals surface area (Å²) in [6.45, 7) is 6.07. The van der Waals surface area contributed by atoms with Gasteiger partial charge in [0.25, 0.3) is 0 Å². The number of aliphatic hydroxyl groups excluding tert-OH is 2. The maximum absolute atomic E-state index is 9.56. The van der Waals surface area contributed by atoms with Crippen LogP contribution in [0, 0.1) is 0 Å². The molecule has 28 heavy (non-hydrogen) atoms. The summed E-state index contributed by atoms with van der Waals surface area (Å²) >= 11 is 18.3. The Morgan fingerprint density at radius 2 is 1.50 bits per heavy atom. The molecule has 2 N–H and O–H groups in total. The molecular weight excluding hydrogens is 423 g/mol. The normalized spacial score (nSPS) is 13.9. The SMILES string of the molecule is CC(O)COc1ccc(C(C)(C)c2cc(Cl)c(OCC(O)CCl)c(Cl)c2)cc1. The van der Waals surface area contributed by atoms with E-state index in [2.05, 4.69) is 13.8 Å². The Labute approximate surface area is 180 Å². The van der Waals surface area contributed by atoms with Crippen molar-refractivity contribution >= 4 is 34.8 Å². The molecule has 2 rings (SSSR count). The summed E-state index contributed by atoms with van der Waals surface area (Å²) in [5.41, 5.74) is 1.60. The van der Waals surface area contributed by atoms with Crippen molar-refractivity contribution in [1.29, 1.82) is 0 Å². The van der Waals surface area contributed by atoms with Crippen LogP contribution in [-0.2, 0) is 5.41 Å². The van der Waals surface area contributed by atoms with E-state index >= 15 is 0 Å². The molecule has 4 nitrogen and oxygen atoms in total. The van der Waals surface area contributed by atoms with Crippen LogP contribution in [0.25, 0.3) is 0 Å². The molecule has 2 aromatic rings. The first-order valence-corrected chi connectivity index (χ1v) is 10.2. The molecule has 0 aromatic heterocycles. The third-order valence-electron chi connectivity index (χ3n) is 4.39. The van der Waals surface area contributed by atoms with Crippen LogP contribution < -0.4 is 9.47 Å². The Hall–Kier alpha value is -1.17. The lowest BCUT2D eigenvalue weighted by molar-refractivity contribution is 0.122. The number of aliphatic hydroxyl groups is 2. The van der Waals surface area contributed by atoms with Crippen LogP contribution in [0.15, 0.2) is 36.4 Å². The van der Waals surface area contributed by atoms with E-state index in [1.54, 1.807) is 6.92 Å². The quantitative estimate of drug-likeness (QED) is 0.528. The van der Waals surface area contributed by atoms with Crippen LogP contribution in [0.4, 0.5) is 0 Å². The molecular formula is C21H25Cl3O4. The molecule has 0 heterocycles. The fraction of sp³-hybridized carbons (Fsp3) is 0.429. The Balaban J connectivity index is 2.22. The highest BCUT2D eigenvalue weighted by Gasteiger charge is 2.26. The smallest absolute Gasteiger partial charge is 0.156 e. The predicted molar refractivity (Wildman–Crippen MR) is 114 cm³/mol. The monoisotopic (exact) mass is 446 g/mol. The van der Waals surface area contributed by atoms with Gasteiger partial charge in [0, 0.05) is 5.41 Å². The highest BCUT2D eigenvalue weighted by Crippen LogP contribution is 2.40. The van der Waals surface area contributed by atoms with Gasteiger partial charge in [-0.05, 0) is 42.3 Å². The summed E-state index contributed by atoms with van der Waals surface area (Å²) in [5.74, 6) is 1.09. The fourth-order valence-corrected chi connectivity index (χ4v) is 3.32. The molecule has 0 radical (unpaired) electrons. The maximum atomic E-state index is 9.56. The number of halogens is 3. The lowest BCUT2D eigenvalue weighted by Crippen LogP contribution is -2.20. The molecule has 0 bridgehead atoms. The summed E-state index contributed by atoms with van der Waals surface area (Å²) in [4.78, 5) is 0. The highest BCUT2D eigenvalue weighted by molar-refractivity contribution is 6.37. The molecule has 0 aliphatic carbocycles. The largest absolute Gasteiger partial charge is 0.491 e. The van der Waals surface area contributed by atoms with E-state index in [0.29, 0.717) is 21.5 Å². The lowest BCUT2D eigenvalue weighted by Gasteiger charge is -2.27. The van der Waals surface area contributed by atoms with E-state index in [1.165, 1.54) is 0 Å². The third-order valence-corrected chi connectivity index (χ3v) is 5.30. The molecule has 7 heteroatoms. The second-order valence-corrected chi connectivity index (χ2v) is 8.32. The van der Waals surface area contributed by atoms with Gasteiger partial charge in [0.1, 0.15) is 25.1 Å². The standard InChI is InChI=1S/C21H25Cl3O4/c1-13(25)11-27-17-6-4-14(5-7-17)21(2,3)15-8-18(23)20(19(24)9-15)28-12-16(26)10-22/h4-9,13,16,25-26H,10-12H2,1-3H3. The van der Waals surface area contributed by atoms with Gasteiger partial charge in [0.05, 0.1) is 22.0 Å². The minimum atomic E-state index is -0.792. The van der Waals surface area contributed by atoms with E-state index in [0.717, 1.165) is 11.1 Å². The zero-order valence-corrected chi connectivity index (χ0v) is 18.4. The van der Waals surface area contributed by atoms with E-state index < -0.39 is 12.2 Å². The summed E-state index contributed by atoms with van der Waals surface area (Å²) in [6, 6.07) is 11.3. The van der Waals surface area contributed by atoms with Crippen molar-refractivity contribution in [2.45, 2.75) is 38.4 Å². The van der Waals surface area contributed by atoms with Crippen molar-refractivity contribution in [3.63, 3.8) is 0 Å². The first-order valence-electron chi connectivity index (χ1n) is 8.93. The predicted octanol–water partition coefficient (Wildman–Crippen LogP) is 5.06. The molecule has 0 amide bonds. The van der Waals surface area contributed by atoms with Gasteiger partial charge in [-0.2, -0.15) is 0 Å². The number of hydrogen-bond donors (Lipinski definition) is 2. The topological polar surface area (TPSA) is 58.9 Å². The average Bonchev–Trinajstić information content (AvgIpc) is 2.65. The van der Waals surface area contributed by atoms with Gasteiger partial charge >= 0.3 is 0 Å². The Morgan fingerprint density at radius 1 is 0.929 bits per heavy atom. The molecule has 0 aliphatic rings. The summed E-state index contributed by atoms with van der Waals surface area (Å²) in [5, 5.41) is 19.6. The van der Waals surface area contributed by atoms with E-state index in [4.69, 9.17) is 44.3 Å². The van der Waals surface area contributed by atoms with Crippen molar-refractivity contribution in [2.75, 3.05) is 19.1 Å². The number of rotatable bonds is 9. The minimum Gasteiger partial charge on any atom is -0.491 e. The van der Waals surface area contributed by atoms with Crippen molar-refractivity contribution in [3.8, 4) is 11.5 Å². The zero-order valence-electron chi connectivity index (χ0n) is 16.1. The molecule has 0 saturated carbocycles. The van der Waals surface area contributed by atoms with Crippen LogP contribution in [-0.4, -0.2) is 41.5 Å². The van der Waals surface area contributed by atoms with Crippen LogP contribution in [0.3, 0.4) is 0 Å². The van der Waals surface area contributed by atoms with E-state index in [-0.39, 0.29) is 24.5 Å². The molecule has 0 saturated heterocycles. The van der Waals surface area contributed by atoms with Crippen molar-refractivity contribution in [2.24, 2.45) is 0 Å². The molecule has 2 unspecified atom stereocenters. The number of hydrogen-bond acceptors (Lipinski definition) is 4. The second-order valence-electron chi connectivity index (χ2n) is 7.20. The summed E-state index contributed by atoms with van der Waals surface area (Å²) in [7, 11) is 0. The van der Waals surface area contributed by atoms with Crippen LogP contribution in [0.1, 0.15) is 31.9 Å². The summed E-state index contributed by atoms with van der Waals surface area (Å²) in [6.07, 6.45) is -1.31. The van der Waals surface area contributed by atoms with Gasteiger partial charge in [0.15, 0.2) is 5.75 Å². The zero-order chi connectivity index (χ0) is 20.9. The van der Waals surface area contributed by atoms with E-state index in [1.807, 2.05) is 36.4 Å². The fourth-order valence-electron chi connectivity index (χ4n) is 2.63. The molecule has 0 spiro atoms. The van der Waals surface area contributed by atoms with Gasteiger partial charge in [-0.3, -0.25) is 0 Å². The Kier molecular flexibility index (Phi) is 8.29. The highest BCUT2D eigenvalue weighted by atomic mass is 35.5. The Bertz CT molecular complexity index is 753. The van der Waals surface area contributed by atoms with Crippen LogP contribution >= 0.6 is 34.8 Å².